The number of hydrogen-bond acceptors (Lipinski definition) is 4. The standard InChI is InChI=1S/C8H12N4/c1-2-8(12-10-4-1)11-7-3-5-9-6-7/h1-2,4,7,9H,3,5-6H2,(H,11,12). The average molecular weight is 164 g/mol. The molecule has 1 aromatic rings. The highest BCUT2D eigenvalue weighted by Gasteiger charge is 2.13. The lowest BCUT2D eigenvalue weighted by Gasteiger charge is -2.10. The van der Waals surface area contributed by atoms with Gasteiger partial charge in [-0.15, -0.1) is 5.10 Å². The van der Waals surface area contributed by atoms with Gasteiger partial charge in [0, 0.05) is 18.8 Å². The molecule has 12 heavy (non-hydrogen) atoms. The summed E-state index contributed by atoms with van der Waals surface area (Å²) in [6.45, 7) is 2.12. The summed E-state index contributed by atoms with van der Waals surface area (Å²) in [5.74, 6) is 0.867. The predicted octanol–water partition coefficient (Wildman–Crippen LogP) is 0.250. The van der Waals surface area contributed by atoms with Crippen LogP contribution in [0, 0.1) is 0 Å². The Morgan fingerprint density at radius 3 is 3.25 bits per heavy atom. The Hall–Kier alpha value is -1.16. The third kappa shape index (κ3) is 1.71. The number of rotatable bonds is 2. The van der Waals surface area contributed by atoms with Gasteiger partial charge >= 0.3 is 0 Å². The van der Waals surface area contributed by atoms with Crippen molar-refractivity contribution in [1.29, 1.82) is 0 Å². The minimum Gasteiger partial charge on any atom is -0.365 e. The van der Waals surface area contributed by atoms with Gasteiger partial charge in [0.05, 0.1) is 0 Å². The van der Waals surface area contributed by atoms with Crippen LogP contribution < -0.4 is 10.6 Å². The van der Waals surface area contributed by atoms with Crippen LogP contribution in [0.4, 0.5) is 5.82 Å². The molecule has 1 aromatic heterocycles. The van der Waals surface area contributed by atoms with Crippen molar-refractivity contribution in [3.05, 3.63) is 18.3 Å². The topological polar surface area (TPSA) is 49.8 Å². The lowest BCUT2D eigenvalue weighted by molar-refractivity contribution is 0.782. The van der Waals surface area contributed by atoms with E-state index in [4.69, 9.17) is 0 Å². The number of aromatic nitrogens is 2. The lowest BCUT2D eigenvalue weighted by atomic mass is 10.2. The summed E-state index contributed by atoms with van der Waals surface area (Å²) in [5.41, 5.74) is 0. The van der Waals surface area contributed by atoms with Gasteiger partial charge in [-0.2, -0.15) is 5.10 Å². The molecule has 2 N–H and O–H groups in total. The van der Waals surface area contributed by atoms with Crippen LogP contribution in [0.2, 0.25) is 0 Å². The normalized spacial score (nSPS) is 22.5. The molecule has 0 amide bonds. The van der Waals surface area contributed by atoms with E-state index in [1.165, 1.54) is 0 Å². The first-order valence-electron chi connectivity index (χ1n) is 4.20. The van der Waals surface area contributed by atoms with Crippen LogP contribution in [0.25, 0.3) is 0 Å². The molecule has 0 spiro atoms. The summed E-state index contributed by atoms with van der Waals surface area (Å²) in [4.78, 5) is 0. The molecule has 1 aliphatic rings. The van der Waals surface area contributed by atoms with Gasteiger partial charge in [-0.3, -0.25) is 0 Å². The smallest absolute Gasteiger partial charge is 0.148 e. The molecule has 1 aliphatic heterocycles. The second-order valence-corrected chi connectivity index (χ2v) is 2.94. The number of anilines is 1. The van der Waals surface area contributed by atoms with E-state index in [0.717, 1.165) is 25.3 Å². The van der Waals surface area contributed by atoms with E-state index in [1.807, 2.05) is 12.1 Å². The molecule has 4 nitrogen and oxygen atoms in total. The second kappa shape index (κ2) is 3.49. The molecule has 2 heterocycles. The van der Waals surface area contributed by atoms with Crippen LogP contribution in [0.5, 0.6) is 0 Å². The molecule has 1 fully saturated rings. The van der Waals surface area contributed by atoms with Crippen LogP contribution in [-0.4, -0.2) is 29.3 Å². The van der Waals surface area contributed by atoms with E-state index in [0.29, 0.717) is 6.04 Å². The Balaban J connectivity index is 1.94. The quantitative estimate of drug-likeness (QED) is 0.658. The summed E-state index contributed by atoms with van der Waals surface area (Å²) in [5, 5.41) is 14.3. The summed E-state index contributed by atoms with van der Waals surface area (Å²) >= 11 is 0. The largest absolute Gasteiger partial charge is 0.365 e. The highest BCUT2D eigenvalue weighted by molar-refractivity contribution is 5.33. The molecule has 0 aromatic carbocycles. The number of hydrogen-bond donors (Lipinski definition) is 2. The van der Waals surface area contributed by atoms with E-state index in [9.17, 15) is 0 Å². The molecule has 1 atom stereocenters. The Labute approximate surface area is 71.4 Å². The van der Waals surface area contributed by atoms with Crippen molar-refractivity contribution in [3.8, 4) is 0 Å². The SMILES string of the molecule is c1cnnc(NC2CCNC2)c1. The maximum Gasteiger partial charge on any atom is 0.148 e. The third-order valence-corrected chi connectivity index (χ3v) is 1.98. The fraction of sp³-hybridized carbons (Fsp3) is 0.500. The molecule has 0 radical (unpaired) electrons. The molecule has 1 unspecified atom stereocenters. The molecule has 0 bridgehead atoms. The fourth-order valence-electron chi connectivity index (χ4n) is 1.37. The van der Waals surface area contributed by atoms with Crippen LogP contribution >= 0.6 is 0 Å². The van der Waals surface area contributed by atoms with Crippen LogP contribution in [0.1, 0.15) is 6.42 Å². The van der Waals surface area contributed by atoms with Crippen molar-refractivity contribution in [1.82, 2.24) is 15.5 Å². The van der Waals surface area contributed by atoms with Crippen LogP contribution in [-0.2, 0) is 0 Å². The van der Waals surface area contributed by atoms with E-state index in [-0.39, 0.29) is 0 Å². The van der Waals surface area contributed by atoms with Gasteiger partial charge in [0.25, 0.3) is 0 Å². The van der Waals surface area contributed by atoms with Crippen LogP contribution in [0.3, 0.4) is 0 Å². The summed E-state index contributed by atoms with van der Waals surface area (Å²) in [7, 11) is 0. The van der Waals surface area contributed by atoms with E-state index < -0.39 is 0 Å². The Morgan fingerprint density at radius 2 is 2.58 bits per heavy atom. The zero-order chi connectivity index (χ0) is 8.23. The lowest BCUT2D eigenvalue weighted by Crippen LogP contribution is -2.22. The van der Waals surface area contributed by atoms with E-state index >= 15 is 0 Å². The summed E-state index contributed by atoms with van der Waals surface area (Å²) in [6.07, 6.45) is 2.84. The van der Waals surface area contributed by atoms with Gasteiger partial charge in [0.15, 0.2) is 0 Å². The highest BCUT2D eigenvalue weighted by Crippen LogP contribution is 2.06. The minimum atomic E-state index is 0.515. The predicted molar refractivity (Wildman–Crippen MR) is 46.9 cm³/mol. The van der Waals surface area contributed by atoms with Crippen molar-refractivity contribution < 1.29 is 0 Å². The molecule has 0 saturated carbocycles. The molecular formula is C8H12N4. The van der Waals surface area contributed by atoms with Gasteiger partial charge in [-0.25, -0.2) is 0 Å². The van der Waals surface area contributed by atoms with E-state index in [1.54, 1.807) is 6.20 Å². The second-order valence-electron chi connectivity index (χ2n) is 2.94. The Bertz CT molecular complexity index is 230. The molecule has 4 heteroatoms. The van der Waals surface area contributed by atoms with Crippen molar-refractivity contribution in [3.63, 3.8) is 0 Å². The monoisotopic (exact) mass is 164 g/mol. The number of nitrogens with zero attached hydrogens (tertiary/aromatic N) is 2. The van der Waals surface area contributed by atoms with Crippen LogP contribution in [0.15, 0.2) is 18.3 Å². The van der Waals surface area contributed by atoms with Gasteiger partial charge in [-0.1, -0.05) is 0 Å². The van der Waals surface area contributed by atoms with Crippen molar-refractivity contribution >= 4 is 5.82 Å². The maximum atomic E-state index is 3.95. The highest BCUT2D eigenvalue weighted by atomic mass is 15.2. The van der Waals surface area contributed by atoms with Gasteiger partial charge in [-0.05, 0) is 25.1 Å². The van der Waals surface area contributed by atoms with E-state index in [2.05, 4.69) is 20.8 Å². The summed E-state index contributed by atoms with van der Waals surface area (Å²) in [6, 6.07) is 4.34. The minimum absolute atomic E-state index is 0.515. The Morgan fingerprint density at radius 1 is 1.58 bits per heavy atom. The zero-order valence-corrected chi connectivity index (χ0v) is 6.83. The fourth-order valence-corrected chi connectivity index (χ4v) is 1.37. The molecule has 1 saturated heterocycles. The van der Waals surface area contributed by atoms with Gasteiger partial charge in [0.1, 0.15) is 5.82 Å². The Kier molecular flexibility index (Phi) is 2.18. The zero-order valence-electron chi connectivity index (χ0n) is 6.83. The van der Waals surface area contributed by atoms with Gasteiger partial charge < -0.3 is 10.6 Å². The molecule has 2 rings (SSSR count). The van der Waals surface area contributed by atoms with Crippen molar-refractivity contribution in [2.24, 2.45) is 0 Å². The third-order valence-electron chi connectivity index (χ3n) is 1.98. The number of nitrogens with one attached hydrogen (secondary N) is 2. The molecule has 64 valence electrons. The first kappa shape index (κ1) is 7.49. The summed E-state index contributed by atoms with van der Waals surface area (Å²) < 4.78 is 0. The molecular weight excluding hydrogens is 152 g/mol. The van der Waals surface area contributed by atoms with Crippen molar-refractivity contribution in [2.45, 2.75) is 12.5 Å². The first-order valence-corrected chi connectivity index (χ1v) is 4.20. The maximum absolute atomic E-state index is 3.95. The first-order chi connectivity index (χ1) is 5.95. The average Bonchev–Trinajstić information content (AvgIpc) is 2.59. The molecule has 0 aliphatic carbocycles. The van der Waals surface area contributed by atoms with Crippen molar-refractivity contribution in [2.75, 3.05) is 18.4 Å². The van der Waals surface area contributed by atoms with Gasteiger partial charge in [0.2, 0.25) is 0 Å².